The smallest absolute Gasteiger partial charge is 0.324 e. The molecule has 0 radical (unpaired) electrons. The van der Waals surface area contributed by atoms with Gasteiger partial charge in [-0.15, -0.1) is 0 Å². The first-order valence-corrected chi connectivity index (χ1v) is 9.17. The van der Waals surface area contributed by atoms with E-state index in [1.807, 2.05) is 35.9 Å². The van der Waals surface area contributed by atoms with Gasteiger partial charge in [-0.2, -0.15) is 5.10 Å². The van der Waals surface area contributed by atoms with E-state index in [2.05, 4.69) is 25.9 Å². The fraction of sp³-hybridized carbons (Fsp3) is 0.421. The van der Waals surface area contributed by atoms with E-state index in [1.165, 1.54) is 0 Å². The van der Waals surface area contributed by atoms with Crippen molar-refractivity contribution in [3.8, 4) is 0 Å². The van der Waals surface area contributed by atoms with Crippen LogP contribution in [0.5, 0.6) is 0 Å². The zero-order valence-electron chi connectivity index (χ0n) is 15.7. The molecule has 0 atom stereocenters. The predicted octanol–water partition coefficient (Wildman–Crippen LogP) is 2.22. The number of carbonyl (C=O) groups excluding carboxylic acids is 2. The van der Waals surface area contributed by atoms with E-state index >= 15 is 0 Å². The third-order valence-corrected chi connectivity index (χ3v) is 4.85. The number of hydrogen-bond donors (Lipinski definition) is 3. The monoisotopic (exact) mass is 370 g/mol. The first-order valence-electron chi connectivity index (χ1n) is 9.17. The Morgan fingerprint density at radius 2 is 1.89 bits per heavy atom. The molecule has 3 N–H and O–H groups in total. The van der Waals surface area contributed by atoms with Gasteiger partial charge in [0.2, 0.25) is 5.91 Å². The Hall–Kier alpha value is -2.87. The van der Waals surface area contributed by atoms with Crippen molar-refractivity contribution in [1.29, 1.82) is 0 Å². The Kier molecular flexibility index (Phi) is 6.08. The van der Waals surface area contributed by atoms with Crippen molar-refractivity contribution in [2.45, 2.75) is 25.8 Å². The van der Waals surface area contributed by atoms with Crippen LogP contribution in [0.25, 0.3) is 0 Å². The largest absolute Gasteiger partial charge is 0.358 e. The van der Waals surface area contributed by atoms with Gasteiger partial charge in [0.15, 0.2) is 0 Å². The first kappa shape index (κ1) is 18.9. The average molecular weight is 370 g/mol. The molecule has 1 aliphatic heterocycles. The maximum Gasteiger partial charge on any atom is 0.324 e. The summed E-state index contributed by atoms with van der Waals surface area (Å²) < 4.78 is 1.87. The number of piperidine rings is 1. The Morgan fingerprint density at radius 1 is 1.15 bits per heavy atom. The number of nitrogens with one attached hydrogen (secondary N) is 3. The van der Waals surface area contributed by atoms with Crippen molar-refractivity contribution in [1.82, 2.24) is 20.0 Å². The van der Waals surface area contributed by atoms with Crippen LogP contribution >= 0.6 is 0 Å². The van der Waals surface area contributed by atoms with Gasteiger partial charge in [0.1, 0.15) is 5.82 Å². The highest BCUT2D eigenvalue weighted by Crippen LogP contribution is 2.25. The molecule has 1 saturated heterocycles. The summed E-state index contributed by atoms with van der Waals surface area (Å²) in [6.07, 6.45) is 3.46. The van der Waals surface area contributed by atoms with Crippen molar-refractivity contribution in [3.63, 3.8) is 0 Å². The van der Waals surface area contributed by atoms with E-state index in [9.17, 15) is 9.59 Å². The van der Waals surface area contributed by atoms with Crippen molar-refractivity contribution >= 4 is 23.4 Å². The molecule has 0 aliphatic carbocycles. The second-order valence-electron chi connectivity index (χ2n) is 6.74. The molecule has 3 amide bonds. The van der Waals surface area contributed by atoms with E-state index < -0.39 is 0 Å². The van der Waals surface area contributed by atoms with E-state index in [1.54, 1.807) is 19.3 Å². The van der Waals surface area contributed by atoms with E-state index in [0.29, 0.717) is 12.4 Å². The fourth-order valence-electron chi connectivity index (χ4n) is 3.29. The second-order valence-corrected chi connectivity index (χ2v) is 6.74. The molecule has 1 aliphatic rings. The molecule has 3 rings (SSSR count). The molecule has 8 heteroatoms. The van der Waals surface area contributed by atoms with Crippen LogP contribution in [0.2, 0.25) is 0 Å². The lowest BCUT2D eigenvalue weighted by molar-refractivity contribution is -0.122. The summed E-state index contributed by atoms with van der Waals surface area (Å²) in [6.45, 7) is 4.03. The Labute approximate surface area is 158 Å². The van der Waals surface area contributed by atoms with Gasteiger partial charge in [0, 0.05) is 31.9 Å². The number of amides is 3. The van der Waals surface area contributed by atoms with Crippen LogP contribution in [0, 0.1) is 6.92 Å². The van der Waals surface area contributed by atoms with Crippen LogP contribution in [0.4, 0.5) is 16.3 Å². The molecule has 144 valence electrons. The summed E-state index contributed by atoms with van der Waals surface area (Å²) in [7, 11) is 1.65. The number of likely N-dealkylation sites (tertiary alicyclic amines) is 1. The minimum Gasteiger partial charge on any atom is -0.358 e. The number of carbonyl (C=O) groups is 2. The summed E-state index contributed by atoms with van der Waals surface area (Å²) in [5, 5.41) is 12.8. The maximum absolute atomic E-state index is 12.4. The molecule has 27 heavy (non-hydrogen) atoms. The molecule has 1 aromatic heterocycles. The number of rotatable bonds is 5. The number of aromatic nitrogens is 2. The zero-order valence-corrected chi connectivity index (χ0v) is 15.7. The third kappa shape index (κ3) is 4.85. The van der Waals surface area contributed by atoms with E-state index in [4.69, 9.17) is 0 Å². The van der Waals surface area contributed by atoms with Crippen LogP contribution in [-0.4, -0.2) is 53.3 Å². The molecule has 2 heterocycles. The predicted molar refractivity (Wildman–Crippen MR) is 105 cm³/mol. The highest BCUT2D eigenvalue weighted by molar-refractivity contribution is 5.99. The number of benzene rings is 1. The Morgan fingerprint density at radius 3 is 2.59 bits per heavy atom. The SMILES string of the molecule is CNC(=O)CN1CCC(n2nccc2NC(=O)Nc2ccccc2C)CC1. The molecule has 1 fully saturated rings. The van der Waals surface area contributed by atoms with Gasteiger partial charge < -0.3 is 10.6 Å². The number of anilines is 2. The topological polar surface area (TPSA) is 91.3 Å². The number of para-hydroxylation sites is 1. The lowest BCUT2D eigenvalue weighted by Gasteiger charge is -2.32. The molecule has 8 nitrogen and oxygen atoms in total. The van der Waals surface area contributed by atoms with Crippen LogP contribution in [0.1, 0.15) is 24.4 Å². The highest BCUT2D eigenvalue weighted by Gasteiger charge is 2.24. The van der Waals surface area contributed by atoms with Gasteiger partial charge in [-0.1, -0.05) is 18.2 Å². The molecule has 0 bridgehead atoms. The summed E-state index contributed by atoms with van der Waals surface area (Å²) in [6, 6.07) is 9.36. The summed E-state index contributed by atoms with van der Waals surface area (Å²) in [5.41, 5.74) is 1.79. The molecule has 0 spiro atoms. The second kappa shape index (κ2) is 8.68. The normalized spacial score (nSPS) is 15.3. The standard InChI is InChI=1S/C19H26N6O2/c1-14-5-3-4-6-16(14)22-19(27)23-17-7-10-21-25(17)15-8-11-24(12-9-15)13-18(26)20-2/h3-7,10,15H,8-9,11-13H2,1-2H3,(H,20,26)(H2,22,23,27). The summed E-state index contributed by atoms with van der Waals surface area (Å²) in [4.78, 5) is 26.0. The highest BCUT2D eigenvalue weighted by atomic mass is 16.2. The summed E-state index contributed by atoms with van der Waals surface area (Å²) >= 11 is 0. The van der Waals surface area contributed by atoms with Crippen molar-refractivity contribution in [2.75, 3.05) is 37.3 Å². The van der Waals surface area contributed by atoms with Gasteiger partial charge in [0.05, 0.1) is 18.8 Å². The van der Waals surface area contributed by atoms with Gasteiger partial charge in [-0.05, 0) is 31.4 Å². The first-order chi connectivity index (χ1) is 13.1. The summed E-state index contributed by atoms with van der Waals surface area (Å²) in [5.74, 6) is 0.702. The molecule has 0 unspecified atom stereocenters. The molecule has 2 aromatic rings. The van der Waals surface area contributed by atoms with Gasteiger partial charge in [-0.3, -0.25) is 15.0 Å². The third-order valence-electron chi connectivity index (χ3n) is 4.85. The van der Waals surface area contributed by atoms with Crippen molar-refractivity contribution in [3.05, 3.63) is 42.1 Å². The average Bonchev–Trinajstić information content (AvgIpc) is 3.12. The lowest BCUT2D eigenvalue weighted by atomic mass is 10.1. The minimum absolute atomic E-state index is 0.0303. The quantitative estimate of drug-likeness (QED) is 0.753. The minimum atomic E-state index is -0.289. The van der Waals surface area contributed by atoms with E-state index in [-0.39, 0.29) is 18.0 Å². The zero-order chi connectivity index (χ0) is 19.2. The number of likely N-dealkylation sites (N-methyl/N-ethyl adjacent to an activating group) is 1. The van der Waals surface area contributed by atoms with Crippen LogP contribution < -0.4 is 16.0 Å². The van der Waals surface area contributed by atoms with Crippen LogP contribution in [0.3, 0.4) is 0 Å². The fourth-order valence-corrected chi connectivity index (χ4v) is 3.29. The molecule has 1 aromatic carbocycles. The van der Waals surface area contributed by atoms with E-state index in [0.717, 1.165) is 37.2 Å². The Balaban J connectivity index is 1.57. The molecular formula is C19H26N6O2. The number of hydrogen-bond acceptors (Lipinski definition) is 4. The molecular weight excluding hydrogens is 344 g/mol. The number of nitrogens with zero attached hydrogens (tertiary/aromatic N) is 3. The number of urea groups is 1. The number of aryl methyl sites for hydroxylation is 1. The lowest BCUT2D eigenvalue weighted by Crippen LogP contribution is -2.41. The maximum atomic E-state index is 12.4. The van der Waals surface area contributed by atoms with Crippen molar-refractivity contribution < 1.29 is 9.59 Å². The van der Waals surface area contributed by atoms with Crippen molar-refractivity contribution in [2.24, 2.45) is 0 Å². The van der Waals surface area contributed by atoms with Gasteiger partial charge >= 0.3 is 6.03 Å². The van der Waals surface area contributed by atoms with Crippen LogP contribution in [-0.2, 0) is 4.79 Å². The van der Waals surface area contributed by atoms with Crippen LogP contribution in [0.15, 0.2) is 36.5 Å². The molecule has 0 saturated carbocycles. The Bertz CT molecular complexity index is 795. The van der Waals surface area contributed by atoms with Gasteiger partial charge in [-0.25, -0.2) is 9.48 Å². The van der Waals surface area contributed by atoms with Gasteiger partial charge in [0.25, 0.3) is 0 Å².